The molecule has 29 heavy (non-hydrogen) atoms. The first kappa shape index (κ1) is 19.7. The van der Waals surface area contributed by atoms with Gasteiger partial charge in [-0.05, 0) is 60.9 Å². The van der Waals surface area contributed by atoms with Crippen LogP contribution < -0.4 is 4.74 Å². The van der Waals surface area contributed by atoms with Gasteiger partial charge in [-0.15, -0.1) is 0 Å². The van der Waals surface area contributed by atoms with E-state index in [9.17, 15) is 9.59 Å². The maximum absolute atomic E-state index is 12.6. The lowest BCUT2D eigenvalue weighted by Crippen LogP contribution is -2.34. The molecule has 1 heterocycles. The van der Waals surface area contributed by atoms with Crippen molar-refractivity contribution < 1.29 is 14.3 Å². The number of imide groups is 1. The molecule has 2 aromatic rings. The monoisotopic (exact) mass is 391 g/mol. The topological polar surface area (TPSA) is 46.6 Å². The fourth-order valence-electron chi connectivity index (χ4n) is 4.51. The molecule has 0 saturated heterocycles. The molecule has 4 rings (SSSR count). The minimum atomic E-state index is -0.179. The first-order valence-corrected chi connectivity index (χ1v) is 10.8. The summed E-state index contributed by atoms with van der Waals surface area (Å²) in [6.45, 7) is 3.31. The summed E-state index contributed by atoms with van der Waals surface area (Å²) in [7, 11) is 0. The van der Waals surface area contributed by atoms with Gasteiger partial charge in [0.15, 0.2) is 0 Å². The molecular weight excluding hydrogens is 362 g/mol. The molecule has 2 amide bonds. The highest BCUT2D eigenvalue weighted by Crippen LogP contribution is 2.26. The second kappa shape index (κ2) is 8.81. The highest BCUT2D eigenvalue weighted by atomic mass is 16.5. The van der Waals surface area contributed by atoms with Crippen molar-refractivity contribution in [3.8, 4) is 5.75 Å². The first-order chi connectivity index (χ1) is 14.1. The Kier molecular flexibility index (Phi) is 5.98. The van der Waals surface area contributed by atoms with Crippen molar-refractivity contribution in [2.24, 2.45) is 11.8 Å². The van der Waals surface area contributed by atoms with E-state index in [1.807, 2.05) is 12.1 Å². The number of benzene rings is 2. The Morgan fingerprint density at radius 3 is 2.34 bits per heavy atom. The number of carbonyl (C=O) groups is 2. The molecule has 1 fully saturated rings. The van der Waals surface area contributed by atoms with Crippen LogP contribution in [0.4, 0.5) is 0 Å². The van der Waals surface area contributed by atoms with E-state index < -0.39 is 0 Å². The molecule has 0 N–H and O–H groups in total. The van der Waals surface area contributed by atoms with Gasteiger partial charge < -0.3 is 4.74 Å². The third-order valence-corrected chi connectivity index (χ3v) is 6.07. The second-order valence-electron chi connectivity index (χ2n) is 8.54. The van der Waals surface area contributed by atoms with Gasteiger partial charge in [-0.25, -0.2) is 0 Å². The Hall–Kier alpha value is -2.62. The maximum Gasteiger partial charge on any atom is 0.261 e. The number of hydrogen-bond acceptors (Lipinski definition) is 3. The summed E-state index contributed by atoms with van der Waals surface area (Å²) >= 11 is 0. The quantitative estimate of drug-likeness (QED) is 0.616. The van der Waals surface area contributed by atoms with Crippen molar-refractivity contribution in [3.63, 3.8) is 0 Å². The summed E-state index contributed by atoms with van der Waals surface area (Å²) in [6, 6.07) is 15.3. The van der Waals surface area contributed by atoms with Gasteiger partial charge >= 0.3 is 0 Å². The van der Waals surface area contributed by atoms with E-state index in [2.05, 4.69) is 19.1 Å². The number of ether oxygens (including phenoxy) is 1. The SMILES string of the molecule is CC(Cc1cccc(OCC2CCCCC2)c1)CN1C(=O)c2ccccc2C1=O. The zero-order valence-electron chi connectivity index (χ0n) is 17.1. The molecule has 2 aromatic carbocycles. The predicted octanol–water partition coefficient (Wildman–Crippen LogP) is 5.12. The molecule has 2 aliphatic rings. The Balaban J connectivity index is 1.33. The Morgan fingerprint density at radius 1 is 0.966 bits per heavy atom. The van der Waals surface area contributed by atoms with E-state index in [1.165, 1.54) is 42.6 Å². The molecule has 1 aliphatic carbocycles. The van der Waals surface area contributed by atoms with Crippen LogP contribution in [0.1, 0.15) is 65.3 Å². The van der Waals surface area contributed by atoms with Crippen LogP contribution in [-0.2, 0) is 6.42 Å². The van der Waals surface area contributed by atoms with E-state index in [4.69, 9.17) is 4.74 Å². The standard InChI is InChI=1S/C25H29NO3/c1-18(16-26-24(27)22-12-5-6-13-23(22)25(26)28)14-20-10-7-11-21(15-20)29-17-19-8-3-2-4-9-19/h5-7,10-13,15,18-19H,2-4,8-9,14,16-17H2,1H3. The van der Waals surface area contributed by atoms with Gasteiger partial charge in [0.2, 0.25) is 0 Å². The summed E-state index contributed by atoms with van der Waals surface area (Å²) < 4.78 is 6.06. The molecule has 0 aromatic heterocycles. The molecular formula is C25H29NO3. The lowest BCUT2D eigenvalue weighted by Gasteiger charge is -2.22. The van der Waals surface area contributed by atoms with E-state index in [-0.39, 0.29) is 17.7 Å². The van der Waals surface area contributed by atoms with Crippen LogP contribution in [-0.4, -0.2) is 29.9 Å². The van der Waals surface area contributed by atoms with Crippen LogP contribution in [0, 0.1) is 11.8 Å². The molecule has 0 bridgehead atoms. The van der Waals surface area contributed by atoms with E-state index in [0.29, 0.717) is 23.6 Å². The summed E-state index contributed by atoms with van der Waals surface area (Å²) in [6.07, 6.45) is 7.35. The van der Waals surface area contributed by atoms with Crippen LogP contribution in [0.2, 0.25) is 0 Å². The number of fused-ring (bicyclic) bond motifs is 1. The van der Waals surface area contributed by atoms with Crippen molar-refractivity contribution in [1.29, 1.82) is 0 Å². The van der Waals surface area contributed by atoms with Crippen LogP contribution in [0.3, 0.4) is 0 Å². The van der Waals surface area contributed by atoms with Gasteiger partial charge in [-0.3, -0.25) is 14.5 Å². The van der Waals surface area contributed by atoms with Gasteiger partial charge in [0.05, 0.1) is 17.7 Å². The average Bonchev–Trinajstić information content (AvgIpc) is 2.98. The Bertz CT molecular complexity index is 850. The minimum absolute atomic E-state index is 0.172. The van der Waals surface area contributed by atoms with Crippen LogP contribution in [0.25, 0.3) is 0 Å². The highest BCUT2D eigenvalue weighted by molar-refractivity contribution is 6.21. The van der Waals surface area contributed by atoms with Crippen LogP contribution in [0.15, 0.2) is 48.5 Å². The highest BCUT2D eigenvalue weighted by Gasteiger charge is 2.35. The molecule has 4 nitrogen and oxygen atoms in total. The van der Waals surface area contributed by atoms with Crippen molar-refractivity contribution in [3.05, 3.63) is 65.2 Å². The third kappa shape index (κ3) is 4.52. The number of nitrogens with zero attached hydrogens (tertiary/aromatic N) is 1. The fraction of sp³-hybridized carbons (Fsp3) is 0.440. The molecule has 0 spiro atoms. The molecule has 1 atom stereocenters. The molecule has 4 heteroatoms. The zero-order chi connectivity index (χ0) is 20.2. The van der Waals surface area contributed by atoms with Crippen molar-refractivity contribution in [2.75, 3.05) is 13.2 Å². The summed E-state index contributed by atoms with van der Waals surface area (Å²) in [5.41, 5.74) is 2.21. The van der Waals surface area contributed by atoms with Crippen LogP contribution >= 0.6 is 0 Å². The zero-order valence-corrected chi connectivity index (χ0v) is 17.1. The van der Waals surface area contributed by atoms with Crippen molar-refractivity contribution in [1.82, 2.24) is 4.90 Å². The number of hydrogen-bond donors (Lipinski definition) is 0. The Labute approximate surface area is 172 Å². The fourth-order valence-corrected chi connectivity index (χ4v) is 4.51. The molecule has 1 aliphatic heterocycles. The summed E-state index contributed by atoms with van der Waals surface area (Å²) in [5, 5.41) is 0. The Morgan fingerprint density at radius 2 is 1.66 bits per heavy atom. The van der Waals surface area contributed by atoms with Gasteiger partial charge in [0.25, 0.3) is 11.8 Å². The van der Waals surface area contributed by atoms with Gasteiger partial charge in [-0.1, -0.05) is 50.5 Å². The predicted molar refractivity (Wildman–Crippen MR) is 113 cm³/mol. The molecule has 1 saturated carbocycles. The number of carbonyl (C=O) groups excluding carboxylic acids is 2. The van der Waals surface area contributed by atoms with Crippen LogP contribution in [0.5, 0.6) is 5.75 Å². The normalized spacial score (nSPS) is 18.0. The number of rotatable bonds is 7. The lowest BCUT2D eigenvalue weighted by molar-refractivity contribution is 0.0632. The minimum Gasteiger partial charge on any atom is -0.493 e. The van der Waals surface area contributed by atoms with Gasteiger partial charge in [-0.2, -0.15) is 0 Å². The number of amides is 2. The maximum atomic E-state index is 12.6. The molecule has 1 unspecified atom stereocenters. The summed E-state index contributed by atoms with van der Waals surface area (Å²) in [4.78, 5) is 26.5. The van der Waals surface area contributed by atoms with Crippen molar-refractivity contribution >= 4 is 11.8 Å². The van der Waals surface area contributed by atoms with Crippen molar-refractivity contribution in [2.45, 2.75) is 45.4 Å². The largest absolute Gasteiger partial charge is 0.493 e. The van der Waals surface area contributed by atoms with Gasteiger partial charge in [0.1, 0.15) is 5.75 Å². The third-order valence-electron chi connectivity index (χ3n) is 6.07. The second-order valence-corrected chi connectivity index (χ2v) is 8.54. The first-order valence-electron chi connectivity index (χ1n) is 10.8. The lowest BCUT2D eigenvalue weighted by atomic mass is 9.90. The summed E-state index contributed by atoms with van der Waals surface area (Å²) in [5.74, 6) is 1.41. The molecule has 152 valence electrons. The van der Waals surface area contributed by atoms with Gasteiger partial charge in [0, 0.05) is 6.54 Å². The van der Waals surface area contributed by atoms with E-state index >= 15 is 0 Å². The molecule has 0 radical (unpaired) electrons. The van der Waals surface area contributed by atoms with E-state index in [0.717, 1.165) is 18.8 Å². The smallest absolute Gasteiger partial charge is 0.261 e. The van der Waals surface area contributed by atoms with E-state index in [1.54, 1.807) is 24.3 Å². The average molecular weight is 392 g/mol.